The van der Waals surface area contributed by atoms with Crippen molar-refractivity contribution in [3.05, 3.63) is 35.7 Å². The Bertz CT molecular complexity index is 972. The van der Waals surface area contributed by atoms with Crippen molar-refractivity contribution in [2.24, 2.45) is 7.05 Å². The number of hydrogen-bond acceptors (Lipinski definition) is 6. The number of fused-ring (bicyclic) bond motifs is 1. The van der Waals surface area contributed by atoms with E-state index in [1.54, 1.807) is 30.2 Å². The number of amides is 1. The molecule has 0 atom stereocenters. The zero-order chi connectivity index (χ0) is 19.0. The molecule has 3 heterocycles. The highest BCUT2D eigenvalue weighted by Gasteiger charge is 2.24. The minimum absolute atomic E-state index is 0.0522. The molecule has 142 valence electrons. The largest absolute Gasteiger partial charge is 0.497 e. The summed E-state index contributed by atoms with van der Waals surface area (Å²) in [6.07, 6.45) is 1.81. The summed E-state index contributed by atoms with van der Waals surface area (Å²) in [5.41, 5.74) is 2.43. The third-order valence-corrected chi connectivity index (χ3v) is 6.02. The number of nitrogens with zero attached hydrogens (tertiary/aromatic N) is 4. The van der Waals surface area contributed by atoms with E-state index in [2.05, 4.69) is 21.4 Å². The van der Waals surface area contributed by atoms with Crippen LogP contribution in [0.5, 0.6) is 5.75 Å². The average Bonchev–Trinajstić information content (AvgIpc) is 3.24. The monoisotopic (exact) mass is 385 g/mol. The molecule has 0 unspecified atom stereocenters. The van der Waals surface area contributed by atoms with E-state index in [-0.39, 0.29) is 11.9 Å². The van der Waals surface area contributed by atoms with E-state index in [9.17, 15) is 4.79 Å². The molecule has 2 aromatic heterocycles. The van der Waals surface area contributed by atoms with E-state index < -0.39 is 0 Å². The summed E-state index contributed by atoms with van der Waals surface area (Å²) in [5.74, 6) is 0.773. The SMILES string of the molecule is COc1ccc2sc(N3CCC(NC(=O)c4cc(C)nn4C)CC3)nc2c1. The number of carbonyl (C=O) groups excluding carboxylic acids is 1. The van der Waals surface area contributed by atoms with Crippen LogP contribution in [0.25, 0.3) is 10.2 Å². The van der Waals surface area contributed by atoms with Gasteiger partial charge in [-0.05, 0) is 38.0 Å². The van der Waals surface area contributed by atoms with Crippen molar-refractivity contribution in [3.63, 3.8) is 0 Å². The van der Waals surface area contributed by atoms with Gasteiger partial charge in [0.15, 0.2) is 5.13 Å². The van der Waals surface area contributed by atoms with Crippen molar-refractivity contribution in [2.75, 3.05) is 25.1 Å². The van der Waals surface area contributed by atoms with E-state index in [4.69, 9.17) is 9.72 Å². The second-order valence-electron chi connectivity index (χ2n) is 6.86. The first-order valence-corrected chi connectivity index (χ1v) is 9.86. The summed E-state index contributed by atoms with van der Waals surface area (Å²) >= 11 is 1.70. The van der Waals surface area contributed by atoms with Gasteiger partial charge in [0.2, 0.25) is 0 Å². The fraction of sp³-hybridized carbons (Fsp3) is 0.421. The molecule has 1 amide bonds. The number of nitrogens with one attached hydrogen (secondary N) is 1. The Hall–Kier alpha value is -2.61. The number of ether oxygens (including phenoxy) is 1. The number of carbonyl (C=O) groups is 1. The first-order valence-electron chi connectivity index (χ1n) is 9.04. The van der Waals surface area contributed by atoms with E-state index in [1.807, 2.05) is 25.1 Å². The zero-order valence-electron chi connectivity index (χ0n) is 15.7. The van der Waals surface area contributed by atoms with Gasteiger partial charge in [0.1, 0.15) is 11.4 Å². The minimum Gasteiger partial charge on any atom is -0.497 e. The molecule has 0 bridgehead atoms. The highest BCUT2D eigenvalue weighted by Crippen LogP contribution is 2.32. The molecule has 0 spiro atoms. The van der Waals surface area contributed by atoms with E-state index >= 15 is 0 Å². The molecule has 1 aliphatic rings. The summed E-state index contributed by atoms with van der Waals surface area (Å²) in [5, 5.41) is 8.42. The first-order chi connectivity index (χ1) is 13.0. The number of aromatic nitrogens is 3. The molecule has 1 N–H and O–H groups in total. The molecule has 1 fully saturated rings. The standard InChI is InChI=1S/C19H23N5O2S/c1-12-10-16(23(2)22-12)18(25)20-13-6-8-24(9-7-13)19-21-15-11-14(26-3)4-5-17(15)27-19/h4-5,10-11,13H,6-9H2,1-3H3,(H,20,25). The summed E-state index contributed by atoms with van der Waals surface area (Å²) in [6.45, 7) is 3.65. The van der Waals surface area contributed by atoms with Crippen molar-refractivity contribution in [3.8, 4) is 5.75 Å². The van der Waals surface area contributed by atoms with Crippen LogP contribution in [0.4, 0.5) is 5.13 Å². The van der Waals surface area contributed by atoms with Crippen LogP contribution in [0.15, 0.2) is 24.3 Å². The van der Waals surface area contributed by atoms with Crippen LogP contribution in [0.3, 0.4) is 0 Å². The topological polar surface area (TPSA) is 72.3 Å². The third kappa shape index (κ3) is 3.62. The molecule has 0 radical (unpaired) electrons. The van der Waals surface area contributed by atoms with Crippen LogP contribution in [-0.4, -0.2) is 46.9 Å². The molecule has 4 rings (SSSR count). The fourth-order valence-electron chi connectivity index (χ4n) is 3.45. The first kappa shape index (κ1) is 17.8. The van der Waals surface area contributed by atoms with Gasteiger partial charge in [-0.3, -0.25) is 9.48 Å². The Morgan fingerprint density at radius 3 is 2.74 bits per heavy atom. The van der Waals surface area contributed by atoms with Gasteiger partial charge in [0.05, 0.1) is 23.0 Å². The summed E-state index contributed by atoms with van der Waals surface area (Å²) in [7, 11) is 3.47. The molecule has 1 aromatic carbocycles. The highest BCUT2D eigenvalue weighted by molar-refractivity contribution is 7.22. The van der Waals surface area contributed by atoms with Crippen LogP contribution in [0, 0.1) is 6.92 Å². The van der Waals surface area contributed by atoms with Crippen molar-refractivity contribution >= 4 is 32.6 Å². The summed E-state index contributed by atoms with van der Waals surface area (Å²) < 4.78 is 8.07. The third-order valence-electron chi connectivity index (χ3n) is 4.92. The maximum atomic E-state index is 12.5. The molecule has 27 heavy (non-hydrogen) atoms. The Labute approximate surface area is 162 Å². The van der Waals surface area contributed by atoms with Crippen LogP contribution in [-0.2, 0) is 7.05 Å². The predicted molar refractivity (Wildman–Crippen MR) is 107 cm³/mol. The Morgan fingerprint density at radius 2 is 2.07 bits per heavy atom. The van der Waals surface area contributed by atoms with Gasteiger partial charge in [-0.25, -0.2) is 4.98 Å². The van der Waals surface area contributed by atoms with Crippen molar-refractivity contribution < 1.29 is 9.53 Å². The van der Waals surface area contributed by atoms with Gasteiger partial charge in [0, 0.05) is 32.2 Å². The van der Waals surface area contributed by atoms with Crippen molar-refractivity contribution in [1.82, 2.24) is 20.1 Å². The Balaban J connectivity index is 1.38. The van der Waals surface area contributed by atoms with Crippen LogP contribution >= 0.6 is 11.3 Å². The lowest BCUT2D eigenvalue weighted by atomic mass is 10.1. The molecular weight excluding hydrogens is 362 g/mol. The Morgan fingerprint density at radius 1 is 1.30 bits per heavy atom. The smallest absolute Gasteiger partial charge is 0.269 e. The quantitative estimate of drug-likeness (QED) is 0.748. The van der Waals surface area contributed by atoms with Gasteiger partial charge in [-0.15, -0.1) is 0 Å². The van der Waals surface area contributed by atoms with Gasteiger partial charge in [-0.2, -0.15) is 5.10 Å². The molecule has 7 nitrogen and oxygen atoms in total. The van der Waals surface area contributed by atoms with Crippen LogP contribution < -0.4 is 15.0 Å². The molecule has 0 aliphatic carbocycles. The number of rotatable bonds is 4. The number of piperidine rings is 1. The minimum atomic E-state index is -0.0522. The molecular formula is C19H23N5O2S. The number of methoxy groups -OCH3 is 1. The van der Waals surface area contributed by atoms with Crippen LogP contribution in [0.2, 0.25) is 0 Å². The summed E-state index contributed by atoms with van der Waals surface area (Å²) in [4.78, 5) is 19.5. The molecule has 8 heteroatoms. The molecule has 1 aliphatic heterocycles. The average molecular weight is 385 g/mol. The number of benzene rings is 1. The van der Waals surface area contributed by atoms with Gasteiger partial charge in [-0.1, -0.05) is 11.3 Å². The van der Waals surface area contributed by atoms with E-state index in [1.165, 1.54) is 0 Å². The van der Waals surface area contributed by atoms with E-state index in [0.717, 1.165) is 52.7 Å². The zero-order valence-corrected chi connectivity index (χ0v) is 16.5. The molecule has 3 aromatic rings. The lowest BCUT2D eigenvalue weighted by Crippen LogP contribution is -2.45. The number of hydrogen-bond donors (Lipinski definition) is 1. The van der Waals surface area contributed by atoms with Gasteiger partial charge >= 0.3 is 0 Å². The van der Waals surface area contributed by atoms with Crippen molar-refractivity contribution in [1.29, 1.82) is 0 Å². The lowest BCUT2D eigenvalue weighted by molar-refractivity contribution is 0.0921. The predicted octanol–water partition coefficient (Wildman–Crippen LogP) is 2.75. The summed E-state index contributed by atoms with van der Waals surface area (Å²) in [6, 6.07) is 7.99. The van der Waals surface area contributed by atoms with Gasteiger partial charge < -0.3 is 15.0 Å². The lowest BCUT2D eigenvalue weighted by Gasteiger charge is -2.32. The Kier molecular flexibility index (Phi) is 4.73. The number of aryl methyl sites for hydroxylation is 2. The normalized spacial score (nSPS) is 15.3. The molecule has 0 saturated carbocycles. The maximum Gasteiger partial charge on any atom is 0.269 e. The number of anilines is 1. The second kappa shape index (κ2) is 7.19. The fourth-order valence-corrected chi connectivity index (χ4v) is 4.45. The maximum absolute atomic E-state index is 12.5. The van der Waals surface area contributed by atoms with Gasteiger partial charge in [0.25, 0.3) is 5.91 Å². The van der Waals surface area contributed by atoms with E-state index in [0.29, 0.717) is 5.69 Å². The van der Waals surface area contributed by atoms with Crippen molar-refractivity contribution in [2.45, 2.75) is 25.8 Å². The number of thiazole rings is 1. The molecule has 1 saturated heterocycles. The second-order valence-corrected chi connectivity index (χ2v) is 7.87. The highest BCUT2D eigenvalue weighted by atomic mass is 32.1. The van der Waals surface area contributed by atoms with Crippen LogP contribution in [0.1, 0.15) is 29.0 Å².